The van der Waals surface area contributed by atoms with Crippen LogP contribution in [0.5, 0.6) is 0 Å². The number of halogens is 1. The van der Waals surface area contributed by atoms with Crippen LogP contribution in [0.3, 0.4) is 0 Å². The molecule has 0 bridgehead atoms. The van der Waals surface area contributed by atoms with Crippen LogP contribution < -0.4 is 5.32 Å². The van der Waals surface area contributed by atoms with Gasteiger partial charge < -0.3 is 15.2 Å². The minimum atomic E-state index is 0.0371. The molecule has 0 radical (unpaired) electrons. The Kier molecular flexibility index (Phi) is 3.45. The van der Waals surface area contributed by atoms with E-state index < -0.39 is 0 Å². The third-order valence-electron chi connectivity index (χ3n) is 3.64. The molecule has 0 aliphatic carbocycles. The molecule has 1 fully saturated rings. The van der Waals surface area contributed by atoms with Crippen LogP contribution in [0.2, 0.25) is 5.02 Å². The second-order valence-corrected chi connectivity index (χ2v) is 5.27. The fourth-order valence-electron chi connectivity index (χ4n) is 2.12. The largest absolute Gasteiger partial charge is 0.356 e. The molecule has 1 amide bonds. The molecule has 1 aliphatic heterocycles. The summed E-state index contributed by atoms with van der Waals surface area (Å²) in [5.74, 6) is 0.0371. The highest BCUT2D eigenvalue weighted by atomic mass is 35.5. The molecule has 0 saturated carbocycles. The highest BCUT2D eigenvalue weighted by molar-refractivity contribution is 6.30. The van der Waals surface area contributed by atoms with Crippen molar-refractivity contribution in [2.45, 2.75) is 25.3 Å². The molecule has 1 aromatic rings. The summed E-state index contributed by atoms with van der Waals surface area (Å²) in [5, 5.41) is 3.89. The molecule has 1 aromatic heterocycles. The maximum absolute atomic E-state index is 12.1. The topological polar surface area (TPSA) is 48.1 Å². The summed E-state index contributed by atoms with van der Waals surface area (Å²) >= 11 is 5.80. The standard InChI is InChI=1S/C12H18ClN3O/c1-12(14-2)3-5-16(6-4-12)11(17)10-7-9(13)8-15-10/h7-8,14-15H,3-6H2,1-2H3. The van der Waals surface area contributed by atoms with E-state index >= 15 is 0 Å². The van der Waals surface area contributed by atoms with Crippen molar-refractivity contribution in [2.24, 2.45) is 0 Å². The van der Waals surface area contributed by atoms with E-state index in [9.17, 15) is 4.79 Å². The Bertz CT molecular complexity index is 408. The van der Waals surface area contributed by atoms with Crippen LogP contribution in [0.4, 0.5) is 0 Å². The molecular formula is C12H18ClN3O. The zero-order valence-electron chi connectivity index (χ0n) is 10.2. The average Bonchev–Trinajstić information content (AvgIpc) is 2.76. The Morgan fingerprint density at radius 2 is 2.18 bits per heavy atom. The van der Waals surface area contributed by atoms with E-state index in [4.69, 9.17) is 11.6 Å². The molecule has 0 atom stereocenters. The molecule has 2 N–H and O–H groups in total. The molecule has 5 heteroatoms. The number of aromatic amines is 1. The van der Waals surface area contributed by atoms with Crippen LogP contribution in [0.15, 0.2) is 12.3 Å². The van der Waals surface area contributed by atoms with Crippen molar-refractivity contribution in [3.05, 3.63) is 23.0 Å². The summed E-state index contributed by atoms with van der Waals surface area (Å²) in [5.41, 5.74) is 0.729. The quantitative estimate of drug-likeness (QED) is 0.848. The lowest BCUT2D eigenvalue weighted by molar-refractivity contribution is 0.0656. The zero-order chi connectivity index (χ0) is 12.5. The van der Waals surface area contributed by atoms with E-state index in [1.165, 1.54) is 0 Å². The van der Waals surface area contributed by atoms with Gasteiger partial charge in [0.25, 0.3) is 5.91 Å². The van der Waals surface area contributed by atoms with Gasteiger partial charge in [-0.1, -0.05) is 11.6 Å². The average molecular weight is 256 g/mol. The maximum Gasteiger partial charge on any atom is 0.270 e. The summed E-state index contributed by atoms with van der Waals surface area (Å²) in [7, 11) is 1.97. The summed E-state index contributed by atoms with van der Waals surface area (Å²) in [6.07, 6.45) is 3.59. The van der Waals surface area contributed by atoms with Gasteiger partial charge in [0, 0.05) is 24.8 Å². The molecule has 2 rings (SSSR count). The second kappa shape index (κ2) is 4.70. The van der Waals surface area contributed by atoms with Crippen LogP contribution in [-0.4, -0.2) is 41.5 Å². The van der Waals surface area contributed by atoms with E-state index in [1.54, 1.807) is 12.3 Å². The minimum Gasteiger partial charge on any atom is -0.356 e. The number of H-pyrrole nitrogens is 1. The Morgan fingerprint density at radius 1 is 1.53 bits per heavy atom. The van der Waals surface area contributed by atoms with Crippen molar-refractivity contribution in [1.29, 1.82) is 0 Å². The van der Waals surface area contributed by atoms with Crippen molar-refractivity contribution in [3.63, 3.8) is 0 Å². The van der Waals surface area contributed by atoms with Crippen LogP contribution >= 0.6 is 11.6 Å². The molecule has 4 nitrogen and oxygen atoms in total. The monoisotopic (exact) mass is 255 g/mol. The number of amides is 1. The predicted molar refractivity (Wildman–Crippen MR) is 68.4 cm³/mol. The maximum atomic E-state index is 12.1. The number of nitrogens with one attached hydrogen (secondary N) is 2. The van der Waals surface area contributed by atoms with E-state index in [1.807, 2.05) is 11.9 Å². The number of aromatic nitrogens is 1. The Balaban J connectivity index is 1.99. The first-order valence-electron chi connectivity index (χ1n) is 5.86. The summed E-state index contributed by atoms with van der Waals surface area (Å²) in [4.78, 5) is 16.9. The Labute approximate surface area is 106 Å². The van der Waals surface area contributed by atoms with Crippen molar-refractivity contribution in [3.8, 4) is 0 Å². The highest BCUT2D eigenvalue weighted by Crippen LogP contribution is 2.22. The summed E-state index contributed by atoms with van der Waals surface area (Å²) in [6, 6.07) is 1.68. The summed E-state index contributed by atoms with van der Waals surface area (Å²) in [6.45, 7) is 3.76. The van der Waals surface area contributed by atoms with Crippen LogP contribution in [0.25, 0.3) is 0 Å². The second-order valence-electron chi connectivity index (χ2n) is 4.83. The first-order chi connectivity index (χ1) is 8.04. The molecular weight excluding hydrogens is 238 g/mol. The number of likely N-dealkylation sites (tertiary alicyclic amines) is 1. The summed E-state index contributed by atoms with van der Waals surface area (Å²) < 4.78 is 0. The number of rotatable bonds is 2. The molecule has 2 heterocycles. The molecule has 17 heavy (non-hydrogen) atoms. The van der Waals surface area contributed by atoms with Gasteiger partial charge >= 0.3 is 0 Å². The van der Waals surface area contributed by atoms with Crippen LogP contribution in [-0.2, 0) is 0 Å². The lowest BCUT2D eigenvalue weighted by atomic mass is 9.90. The number of hydrogen-bond donors (Lipinski definition) is 2. The van der Waals surface area contributed by atoms with Crippen molar-refractivity contribution < 1.29 is 4.79 Å². The third-order valence-corrected chi connectivity index (χ3v) is 3.85. The third kappa shape index (κ3) is 2.64. The van der Waals surface area contributed by atoms with Crippen LogP contribution in [0.1, 0.15) is 30.3 Å². The van der Waals surface area contributed by atoms with Gasteiger partial charge in [-0.05, 0) is 32.9 Å². The van der Waals surface area contributed by atoms with Gasteiger partial charge in [0.05, 0.1) is 5.02 Å². The van der Waals surface area contributed by atoms with Gasteiger partial charge in [0.2, 0.25) is 0 Å². The first-order valence-corrected chi connectivity index (χ1v) is 6.24. The van der Waals surface area contributed by atoms with Gasteiger partial charge in [-0.15, -0.1) is 0 Å². The van der Waals surface area contributed by atoms with Gasteiger partial charge in [0.15, 0.2) is 0 Å². The molecule has 0 unspecified atom stereocenters. The lowest BCUT2D eigenvalue weighted by Gasteiger charge is -2.39. The van der Waals surface area contributed by atoms with E-state index in [2.05, 4.69) is 17.2 Å². The smallest absolute Gasteiger partial charge is 0.270 e. The molecule has 94 valence electrons. The fourth-order valence-corrected chi connectivity index (χ4v) is 2.28. The Hall–Kier alpha value is -1.00. The lowest BCUT2D eigenvalue weighted by Crippen LogP contribution is -2.51. The van der Waals surface area contributed by atoms with E-state index in [0.29, 0.717) is 10.7 Å². The van der Waals surface area contributed by atoms with Crippen molar-refractivity contribution >= 4 is 17.5 Å². The normalized spacial score (nSPS) is 19.4. The number of nitrogens with zero attached hydrogens (tertiary/aromatic N) is 1. The number of carbonyl (C=O) groups is 1. The highest BCUT2D eigenvalue weighted by Gasteiger charge is 2.30. The number of piperidine rings is 1. The van der Waals surface area contributed by atoms with Gasteiger partial charge in [0.1, 0.15) is 5.69 Å². The van der Waals surface area contributed by atoms with Gasteiger partial charge in [-0.2, -0.15) is 0 Å². The Morgan fingerprint density at radius 3 is 2.65 bits per heavy atom. The zero-order valence-corrected chi connectivity index (χ0v) is 11.0. The van der Waals surface area contributed by atoms with Gasteiger partial charge in [-0.3, -0.25) is 4.79 Å². The molecule has 1 aliphatic rings. The molecule has 0 spiro atoms. The van der Waals surface area contributed by atoms with Crippen LogP contribution in [0, 0.1) is 0 Å². The SMILES string of the molecule is CNC1(C)CCN(C(=O)c2cc(Cl)c[nH]2)CC1. The molecule has 0 aromatic carbocycles. The molecule has 1 saturated heterocycles. The van der Waals surface area contributed by atoms with Gasteiger partial charge in [-0.25, -0.2) is 0 Å². The van der Waals surface area contributed by atoms with Crippen molar-refractivity contribution in [2.75, 3.05) is 20.1 Å². The predicted octanol–water partition coefficient (Wildman–Crippen LogP) is 1.88. The number of carbonyl (C=O) groups excluding carboxylic acids is 1. The van der Waals surface area contributed by atoms with E-state index in [-0.39, 0.29) is 11.4 Å². The number of hydrogen-bond acceptors (Lipinski definition) is 2. The first kappa shape index (κ1) is 12.5. The van der Waals surface area contributed by atoms with E-state index in [0.717, 1.165) is 25.9 Å². The minimum absolute atomic E-state index is 0.0371. The van der Waals surface area contributed by atoms with Crippen molar-refractivity contribution in [1.82, 2.24) is 15.2 Å². The fraction of sp³-hybridized carbons (Fsp3) is 0.583.